The molecule has 9 heteroatoms. The van der Waals surface area contributed by atoms with E-state index >= 15 is 0 Å². The summed E-state index contributed by atoms with van der Waals surface area (Å²) in [6.07, 6.45) is -5.14. The van der Waals surface area contributed by atoms with Crippen molar-refractivity contribution in [3.63, 3.8) is 0 Å². The molecule has 0 saturated heterocycles. The van der Waals surface area contributed by atoms with Crippen LogP contribution in [0.3, 0.4) is 0 Å². The van der Waals surface area contributed by atoms with Gasteiger partial charge in [0.2, 0.25) is 0 Å². The Morgan fingerprint density at radius 2 is 1.79 bits per heavy atom. The maximum Gasteiger partial charge on any atom is 0.573 e. The molecule has 0 saturated carbocycles. The zero-order chi connectivity index (χ0) is 18.1. The first-order valence-corrected chi connectivity index (χ1v) is 6.42. The van der Waals surface area contributed by atoms with Crippen molar-refractivity contribution in [2.45, 2.75) is 13.3 Å². The average Bonchev–Trinajstić information content (AvgIpc) is 2.43. The topological polar surface area (TPSA) is 58.6 Å². The zero-order valence-electron chi connectivity index (χ0n) is 12.0. The smallest absolute Gasteiger partial charge is 0.478 e. The lowest BCUT2D eigenvalue weighted by atomic mass is 10.1. The highest BCUT2D eigenvalue weighted by molar-refractivity contribution is 5.95. The van der Waals surface area contributed by atoms with E-state index in [1.165, 1.54) is 13.0 Å². The number of rotatable bonds is 4. The van der Waals surface area contributed by atoms with Crippen LogP contribution in [0.25, 0.3) is 0 Å². The molecule has 24 heavy (non-hydrogen) atoms. The Labute approximate surface area is 132 Å². The van der Waals surface area contributed by atoms with Crippen molar-refractivity contribution in [1.29, 1.82) is 0 Å². The van der Waals surface area contributed by atoms with Crippen LogP contribution in [0.1, 0.15) is 15.9 Å². The van der Waals surface area contributed by atoms with Crippen LogP contribution in [0.5, 0.6) is 5.75 Å². The van der Waals surface area contributed by atoms with Gasteiger partial charge in [-0.3, -0.25) is 0 Å². The third-order valence-corrected chi connectivity index (χ3v) is 2.99. The summed E-state index contributed by atoms with van der Waals surface area (Å²) in [6.45, 7) is 1.50. The summed E-state index contributed by atoms with van der Waals surface area (Å²) in [6, 6.07) is 4.47. The van der Waals surface area contributed by atoms with Crippen molar-refractivity contribution in [1.82, 2.24) is 0 Å². The van der Waals surface area contributed by atoms with Crippen molar-refractivity contribution in [2.24, 2.45) is 0 Å². The summed E-state index contributed by atoms with van der Waals surface area (Å²) >= 11 is 0. The van der Waals surface area contributed by atoms with Gasteiger partial charge in [-0.25, -0.2) is 13.6 Å². The minimum atomic E-state index is -5.14. The highest BCUT2D eigenvalue weighted by Gasteiger charge is 2.33. The lowest BCUT2D eigenvalue weighted by molar-refractivity contribution is -0.275. The number of benzene rings is 2. The van der Waals surface area contributed by atoms with Gasteiger partial charge < -0.3 is 15.2 Å². The minimum absolute atomic E-state index is 0.239. The number of aromatic carboxylic acids is 1. The highest BCUT2D eigenvalue weighted by atomic mass is 19.4. The van der Waals surface area contributed by atoms with E-state index in [1.54, 1.807) is 0 Å². The van der Waals surface area contributed by atoms with Gasteiger partial charge in [-0.1, -0.05) is 0 Å². The van der Waals surface area contributed by atoms with Gasteiger partial charge in [-0.05, 0) is 36.8 Å². The molecular weight excluding hydrogens is 337 g/mol. The molecule has 2 N–H and O–H groups in total. The number of hydrogen-bond donors (Lipinski definition) is 2. The predicted octanol–water partition coefficient (Wildman–Crippen LogP) is 4.61. The van der Waals surface area contributed by atoms with E-state index in [1.807, 2.05) is 0 Å². The number of hydrogen-bond acceptors (Lipinski definition) is 3. The molecule has 0 amide bonds. The lowest BCUT2D eigenvalue weighted by Gasteiger charge is -2.15. The second-order valence-electron chi connectivity index (χ2n) is 4.77. The van der Waals surface area contributed by atoms with E-state index < -0.39 is 35.3 Å². The van der Waals surface area contributed by atoms with Gasteiger partial charge in [-0.15, -0.1) is 13.2 Å². The summed E-state index contributed by atoms with van der Waals surface area (Å²) in [5.41, 5.74) is -0.332. The Hall–Kier alpha value is -2.84. The fraction of sp³-hybridized carbons (Fsp3) is 0.133. The van der Waals surface area contributed by atoms with E-state index in [0.29, 0.717) is 17.7 Å². The number of carboxylic acids is 1. The van der Waals surface area contributed by atoms with E-state index in [0.717, 1.165) is 12.1 Å². The van der Waals surface area contributed by atoms with Gasteiger partial charge in [0.05, 0.1) is 11.3 Å². The Kier molecular flexibility index (Phi) is 4.63. The largest absolute Gasteiger partial charge is 0.573 e. The Morgan fingerprint density at radius 3 is 2.33 bits per heavy atom. The average molecular weight is 347 g/mol. The molecule has 0 unspecified atom stereocenters. The number of ether oxygens (including phenoxy) is 1. The summed E-state index contributed by atoms with van der Waals surface area (Å²) in [5.74, 6) is -4.77. The van der Waals surface area contributed by atoms with Crippen LogP contribution in [-0.4, -0.2) is 17.4 Å². The van der Waals surface area contributed by atoms with Crippen molar-refractivity contribution >= 4 is 17.3 Å². The summed E-state index contributed by atoms with van der Waals surface area (Å²) in [4.78, 5) is 11.2. The van der Waals surface area contributed by atoms with Crippen molar-refractivity contribution in [3.05, 3.63) is 53.1 Å². The fourth-order valence-corrected chi connectivity index (χ4v) is 1.95. The van der Waals surface area contributed by atoms with E-state index in [9.17, 15) is 26.7 Å². The standard InChI is InChI=1S/C15H10F5NO3/c1-7-4-8(16)2-3-11(7)21-12-6-13(24-15(18,19)20)10(17)5-9(12)14(22)23/h2-6,21H,1H3,(H,22,23). The van der Waals surface area contributed by atoms with Gasteiger partial charge in [-0.2, -0.15) is 0 Å². The van der Waals surface area contributed by atoms with Crippen LogP contribution in [0.15, 0.2) is 30.3 Å². The van der Waals surface area contributed by atoms with Gasteiger partial charge >= 0.3 is 12.3 Å². The van der Waals surface area contributed by atoms with Crippen LogP contribution in [-0.2, 0) is 0 Å². The first-order chi connectivity index (χ1) is 11.1. The van der Waals surface area contributed by atoms with Crippen LogP contribution in [0.4, 0.5) is 33.3 Å². The molecule has 0 radical (unpaired) electrons. The summed E-state index contributed by atoms with van der Waals surface area (Å²) in [7, 11) is 0. The molecule has 0 aromatic heterocycles. The van der Waals surface area contributed by atoms with Crippen molar-refractivity contribution in [3.8, 4) is 5.75 Å². The number of alkyl halides is 3. The molecule has 0 atom stereocenters. The molecule has 0 fully saturated rings. The number of aryl methyl sites for hydroxylation is 1. The highest BCUT2D eigenvalue weighted by Crippen LogP contribution is 2.33. The lowest BCUT2D eigenvalue weighted by Crippen LogP contribution is -2.18. The molecule has 2 rings (SSSR count). The maximum absolute atomic E-state index is 13.6. The van der Waals surface area contributed by atoms with E-state index in [2.05, 4.69) is 10.1 Å². The number of halogens is 5. The normalized spacial score (nSPS) is 11.2. The third-order valence-electron chi connectivity index (χ3n) is 2.99. The third kappa shape index (κ3) is 4.12. The number of anilines is 2. The summed E-state index contributed by atoms with van der Waals surface area (Å²) in [5, 5.41) is 11.6. The van der Waals surface area contributed by atoms with E-state index in [-0.39, 0.29) is 11.4 Å². The summed E-state index contributed by atoms with van der Waals surface area (Å²) < 4.78 is 67.1. The SMILES string of the molecule is Cc1cc(F)ccc1Nc1cc(OC(F)(F)F)c(F)cc1C(=O)O. The van der Waals surface area contributed by atoms with Crippen LogP contribution < -0.4 is 10.1 Å². The van der Waals surface area contributed by atoms with Gasteiger partial charge in [0.1, 0.15) is 5.82 Å². The van der Waals surface area contributed by atoms with Crippen LogP contribution in [0, 0.1) is 18.6 Å². The second kappa shape index (κ2) is 6.34. The van der Waals surface area contributed by atoms with Crippen molar-refractivity contribution in [2.75, 3.05) is 5.32 Å². The number of carboxylic acid groups (broad SMARTS) is 1. The first kappa shape index (κ1) is 17.5. The van der Waals surface area contributed by atoms with Crippen LogP contribution in [0.2, 0.25) is 0 Å². The van der Waals surface area contributed by atoms with Crippen molar-refractivity contribution < 1.29 is 36.6 Å². The maximum atomic E-state index is 13.6. The molecule has 0 aliphatic heterocycles. The second-order valence-corrected chi connectivity index (χ2v) is 4.77. The number of carbonyl (C=O) groups is 1. The number of nitrogens with one attached hydrogen (secondary N) is 1. The zero-order valence-corrected chi connectivity index (χ0v) is 12.0. The van der Waals surface area contributed by atoms with Gasteiger partial charge in [0.25, 0.3) is 0 Å². The van der Waals surface area contributed by atoms with E-state index in [4.69, 9.17) is 5.11 Å². The van der Waals surface area contributed by atoms with Gasteiger partial charge in [0.15, 0.2) is 11.6 Å². The van der Waals surface area contributed by atoms with Crippen LogP contribution >= 0.6 is 0 Å². The van der Waals surface area contributed by atoms with Gasteiger partial charge in [0, 0.05) is 11.8 Å². The predicted molar refractivity (Wildman–Crippen MR) is 74.5 cm³/mol. The molecular formula is C15H10F5NO3. The quantitative estimate of drug-likeness (QED) is 0.793. The molecule has 0 bridgehead atoms. The Bertz CT molecular complexity index is 789. The molecule has 0 spiro atoms. The molecule has 0 aliphatic rings. The molecule has 4 nitrogen and oxygen atoms in total. The first-order valence-electron chi connectivity index (χ1n) is 6.42. The fourth-order valence-electron chi connectivity index (χ4n) is 1.95. The minimum Gasteiger partial charge on any atom is -0.478 e. The molecule has 0 aliphatic carbocycles. The molecule has 2 aromatic carbocycles. The molecule has 0 heterocycles. The molecule has 128 valence electrons. The Morgan fingerprint density at radius 1 is 1.12 bits per heavy atom. The Balaban J connectivity index is 2.49. The monoisotopic (exact) mass is 347 g/mol. The molecule has 2 aromatic rings.